The van der Waals surface area contributed by atoms with Gasteiger partial charge in [-0.3, -0.25) is 0 Å². The zero-order valence-electron chi connectivity index (χ0n) is 10.5. The second-order valence-electron chi connectivity index (χ2n) is 3.68. The number of hydrogen-bond donors (Lipinski definition) is 1. The van der Waals surface area contributed by atoms with Gasteiger partial charge in [-0.2, -0.15) is 0 Å². The van der Waals surface area contributed by atoms with E-state index < -0.39 is 0 Å². The second-order valence-corrected chi connectivity index (χ2v) is 4.60. The highest BCUT2D eigenvalue weighted by atomic mass is 79.9. The van der Waals surface area contributed by atoms with Crippen LogP contribution >= 0.6 is 15.9 Å². The first-order valence-corrected chi connectivity index (χ1v) is 6.77. The van der Waals surface area contributed by atoms with Crippen molar-refractivity contribution in [3.63, 3.8) is 0 Å². The maximum atomic E-state index is 5.58. The van der Waals surface area contributed by atoms with Crippen LogP contribution in [-0.4, -0.2) is 19.9 Å². The molecule has 0 aromatic heterocycles. The van der Waals surface area contributed by atoms with Crippen molar-refractivity contribution >= 4 is 15.9 Å². The molecule has 0 spiro atoms. The molecule has 0 unspecified atom stereocenters. The van der Waals surface area contributed by atoms with Gasteiger partial charge in [0.2, 0.25) is 0 Å². The molecule has 17 heavy (non-hydrogen) atoms. The van der Waals surface area contributed by atoms with E-state index in [9.17, 15) is 0 Å². The van der Waals surface area contributed by atoms with Crippen LogP contribution in [0, 0.1) is 0 Å². The fourth-order valence-electron chi connectivity index (χ4n) is 1.42. The lowest BCUT2D eigenvalue weighted by Gasteiger charge is -2.12. The minimum Gasteiger partial charge on any atom is -0.467 e. The fourth-order valence-corrected chi connectivity index (χ4v) is 1.82. The minimum absolute atomic E-state index is 0.304. The molecule has 0 amide bonds. The predicted octanol–water partition coefficient (Wildman–Crippen LogP) is 3.32. The van der Waals surface area contributed by atoms with Crippen LogP contribution in [0.5, 0.6) is 5.75 Å². The number of hydrogen-bond acceptors (Lipinski definition) is 3. The molecular weight excluding hydrogens is 282 g/mol. The summed E-state index contributed by atoms with van der Waals surface area (Å²) < 4.78 is 11.8. The lowest BCUT2D eigenvalue weighted by molar-refractivity contribution is 0.0218. The molecule has 0 atom stereocenters. The average Bonchev–Trinajstić information content (AvgIpc) is 2.32. The van der Waals surface area contributed by atoms with Crippen molar-refractivity contribution in [1.82, 2.24) is 5.32 Å². The molecule has 1 N–H and O–H groups in total. The van der Waals surface area contributed by atoms with Crippen LogP contribution in [-0.2, 0) is 11.3 Å². The molecule has 0 radical (unpaired) electrons. The van der Waals surface area contributed by atoms with Gasteiger partial charge in [0.1, 0.15) is 5.75 Å². The normalized spacial score (nSPS) is 10.5. The maximum absolute atomic E-state index is 5.58. The Morgan fingerprint density at radius 1 is 1.29 bits per heavy atom. The molecule has 1 rings (SSSR count). The van der Waals surface area contributed by atoms with E-state index in [1.165, 1.54) is 0 Å². The van der Waals surface area contributed by atoms with Gasteiger partial charge in [-0.1, -0.05) is 22.9 Å². The van der Waals surface area contributed by atoms with Crippen LogP contribution in [0.2, 0.25) is 0 Å². The highest BCUT2D eigenvalue weighted by Gasteiger charge is 2.04. The number of rotatable bonds is 8. The monoisotopic (exact) mass is 301 g/mol. The molecule has 0 heterocycles. The van der Waals surface area contributed by atoms with E-state index in [2.05, 4.69) is 34.2 Å². The predicted molar refractivity (Wildman–Crippen MR) is 73.3 cm³/mol. The van der Waals surface area contributed by atoms with Gasteiger partial charge in [0, 0.05) is 23.2 Å². The van der Waals surface area contributed by atoms with Gasteiger partial charge in [0.25, 0.3) is 0 Å². The van der Waals surface area contributed by atoms with Crippen LogP contribution < -0.4 is 10.1 Å². The van der Waals surface area contributed by atoms with Crippen molar-refractivity contribution in [1.29, 1.82) is 0 Å². The Hall–Kier alpha value is -0.580. The first-order valence-electron chi connectivity index (χ1n) is 5.97. The van der Waals surface area contributed by atoms with Crippen molar-refractivity contribution < 1.29 is 9.47 Å². The molecule has 3 nitrogen and oxygen atoms in total. The molecule has 0 saturated carbocycles. The van der Waals surface area contributed by atoms with Gasteiger partial charge in [0.05, 0.1) is 0 Å². The van der Waals surface area contributed by atoms with Gasteiger partial charge in [-0.15, -0.1) is 0 Å². The van der Waals surface area contributed by atoms with Gasteiger partial charge < -0.3 is 14.8 Å². The summed E-state index contributed by atoms with van der Waals surface area (Å²) in [6.07, 6.45) is 1.13. The lowest BCUT2D eigenvalue weighted by atomic mass is 10.2. The molecule has 1 aromatic carbocycles. The summed E-state index contributed by atoms with van der Waals surface area (Å²) in [5, 5.41) is 3.37. The molecule has 0 aliphatic carbocycles. The molecule has 0 fully saturated rings. The Labute approximate surface area is 112 Å². The fraction of sp³-hybridized carbons (Fsp3) is 0.538. The summed E-state index contributed by atoms with van der Waals surface area (Å²) in [5.41, 5.74) is 1.15. The van der Waals surface area contributed by atoms with Gasteiger partial charge in [-0.25, -0.2) is 0 Å². The third-order valence-corrected chi connectivity index (χ3v) is 2.76. The Balaban J connectivity index is 2.59. The zero-order chi connectivity index (χ0) is 12.5. The molecule has 4 heteroatoms. The van der Waals surface area contributed by atoms with Gasteiger partial charge in [-0.05, 0) is 38.1 Å². The molecular formula is C13H20BrNO2. The highest BCUT2D eigenvalue weighted by molar-refractivity contribution is 9.10. The summed E-state index contributed by atoms with van der Waals surface area (Å²) in [5.74, 6) is 0.880. The quantitative estimate of drug-likeness (QED) is 0.590. The van der Waals surface area contributed by atoms with E-state index in [0.717, 1.165) is 35.3 Å². The molecule has 96 valence electrons. The van der Waals surface area contributed by atoms with Gasteiger partial charge >= 0.3 is 0 Å². The van der Waals surface area contributed by atoms with Gasteiger partial charge in [0.15, 0.2) is 6.79 Å². The van der Waals surface area contributed by atoms with Crippen LogP contribution in [0.15, 0.2) is 22.7 Å². The van der Waals surface area contributed by atoms with Crippen LogP contribution in [0.1, 0.15) is 25.8 Å². The SMILES string of the molecule is CCCNCc1cc(Br)ccc1OCOCC. The van der Waals surface area contributed by atoms with Crippen LogP contribution in [0.25, 0.3) is 0 Å². The Morgan fingerprint density at radius 2 is 2.12 bits per heavy atom. The van der Waals surface area contributed by atoms with E-state index in [1.807, 2.05) is 19.1 Å². The summed E-state index contributed by atoms with van der Waals surface area (Å²) in [6, 6.07) is 6.01. The van der Waals surface area contributed by atoms with E-state index >= 15 is 0 Å². The van der Waals surface area contributed by atoms with E-state index in [0.29, 0.717) is 13.4 Å². The Morgan fingerprint density at radius 3 is 2.82 bits per heavy atom. The number of benzene rings is 1. The molecule has 0 aliphatic heterocycles. The molecule has 0 saturated heterocycles. The van der Waals surface area contributed by atoms with Crippen LogP contribution in [0.3, 0.4) is 0 Å². The number of halogens is 1. The van der Waals surface area contributed by atoms with Crippen LogP contribution in [0.4, 0.5) is 0 Å². The average molecular weight is 302 g/mol. The van der Waals surface area contributed by atoms with Crippen molar-refractivity contribution in [2.45, 2.75) is 26.8 Å². The topological polar surface area (TPSA) is 30.5 Å². The van der Waals surface area contributed by atoms with E-state index in [1.54, 1.807) is 0 Å². The third-order valence-electron chi connectivity index (χ3n) is 2.27. The molecule has 0 bridgehead atoms. The minimum atomic E-state index is 0.304. The first kappa shape index (κ1) is 14.5. The van der Waals surface area contributed by atoms with Crippen molar-refractivity contribution in [3.05, 3.63) is 28.2 Å². The summed E-state index contributed by atoms with van der Waals surface area (Å²) in [6.45, 7) is 6.90. The maximum Gasteiger partial charge on any atom is 0.189 e. The Kier molecular flexibility index (Phi) is 7.24. The standard InChI is InChI=1S/C13H20BrNO2/c1-3-7-15-9-11-8-12(14)5-6-13(11)17-10-16-4-2/h5-6,8,15H,3-4,7,9-10H2,1-2H3. The third kappa shape index (κ3) is 5.52. The zero-order valence-corrected chi connectivity index (χ0v) is 12.0. The van der Waals surface area contributed by atoms with E-state index in [4.69, 9.17) is 9.47 Å². The molecule has 0 aliphatic rings. The van der Waals surface area contributed by atoms with Crippen molar-refractivity contribution in [3.8, 4) is 5.75 Å². The second kappa shape index (κ2) is 8.50. The van der Waals surface area contributed by atoms with Crippen molar-refractivity contribution in [2.75, 3.05) is 19.9 Å². The summed E-state index contributed by atoms with van der Waals surface area (Å²) >= 11 is 3.47. The van der Waals surface area contributed by atoms with E-state index in [-0.39, 0.29) is 0 Å². The summed E-state index contributed by atoms with van der Waals surface area (Å²) in [7, 11) is 0. The number of nitrogens with one attached hydrogen (secondary N) is 1. The number of ether oxygens (including phenoxy) is 2. The highest BCUT2D eigenvalue weighted by Crippen LogP contribution is 2.23. The molecule has 1 aromatic rings. The smallest absolute Gasteiger partial charge is 0.189 e. The first-order chi connectivity index (χ1) is 8.27. The Bertz CT molecular complexity index is 331. The van der Waals surface area contributed by atoms with Crippen molar-refractivity contribution in [2.24, 2.45) is 0 Å². The largest absolute Gasteiger partial charge is 0.467 e. The summed E-state index contributed by atoms with van der Waals surface area (Å²) in [4.78, 5) is 0. The lowest BCUT2D eigenvalue weighted by Crippen LogP contribution is -2.15.